The van der Waals surface area contributed by atoms with Gasteiger partial charge in [0.2, 0.25) is 5.95 Å². The minimum absolute atomic E-state index is 0.106. The first-order valence-corrected chi connectivity index (χ1v) is 18.1. The topological polar surface area (TPSA) is 48.5 Å². The number of nitrogens with zero attached hydrogens (tertiary/aromatic N) is 5. The summed E-state index contributed by atoms with van der Waals surface area (Å²) >= 11 is 0. The third-order valence-corrected chi connectivity index (χ3v) is 11.2. The van der Waals surface area contributed by atoms with Crippen LogP contribution in [0.2, 0.25) is 0 Å². The second-order valence-corrected chi connectivity index (χ2v) is 14.5. The fraction of sp³-hybridized carbons (Fsp3) is 0.0625. The molecule has 53 heavy (non-hydrogen) atoms. The van der Waals surface area contributed by atoms with Gasteiger partial charge in [-0.05, 0) is 64.7 Å². The quantitative estimate of drug-likeness (QED) is 0.186. The zero-order chi connectivity index (χ0) is 35.3. The second-order valence-electron chi connectivity index (χ2n) is 14.5. The van der Waals surface area contributed by atoms with E-state index in [2.05, 4.69) is 169 Å². The van der Waals surface area contributed by atoms with Crippen molar-refractivity contribution in [3.63, 3.8) is 0 Å². The van der Waals surface area contributed by atoms with Gasteiger partial charge in [-0.15, -0.1) is 0 Å². The summed E-state index contributed by atoms with van der Waals surface area (Å²) in [5.41, 5.74) is 12.5. The van der Waals surface area contributed by atoms with E-state index < -0.39 is 0 Å². The van der Waals surface area contributed by atoms with Crippen LogP contribution < -0.4 is 0 Å². The van der Waals surface area contributed by atoms with Crippen molar-refractivity contribution in [1.29, 1.82) is 0 Å². The van der Waals surface area contributed by atoms with Crippen molar-refractivity contribution in [2.24, 2.45) is 0 Å². The molecule has 0 saturated carbocycles. The molecule has 0 radical (unpaired) electrons. The van der Waals surface area contributed by atoms with Crippen LogP contribution in [0.4, 0.5) is 0 Å². The second kappa shape index (κ2) is 11.1. The summed E-state index contributed by atoms with van der Waals surface area (Å²) in [5.74, 6) is 1.84. The van der Waals surface area contributed by atoms with Crippen LogP contribution in [-0.4, -0.2) is 24.1 Å². The molecule has 0 bridgehead atoms. The molecule has 1 aliphatic rings. The standard InChI is InChI=1S/C48H33N5/c1-48(2)39-23-10-6-19-33(39)37-29-44-38(28-40(37)48)36-22-9-13-26-43(36)53(44)47-50-45(30-15-4-3-5-16-30)49-46(51-47)31-17-14-18-32(27-31)52-41-24-11-7-20-34(41)35-21-8-12-25-42(35)52/h3-29H,1-2H3. The van der Waals surface area contributed by atoms with Crippen molar-refractivity contribution in [1.82, 2.24) is 24.1 Å². The maximum Gasteiger partial charge on any atom is 0.238 e. The third-order valence-electron chi connectivity index (χ3n) is 11.2. The summed E-state index contributed by atoms with van der Waals surface area (Å²) in [5, 5.41) is 4.82. The number of hydrogen-bond donors (Lipinski definition) is 0. The lowest BCUT2D eigenvalue weighted by Gasteiger charge is -2.21. The van der Waals surface area contributed by atoms with Crippen molar-refractivity contribution in [2.75, 3.05) is 0 Å². The van der Waals surface area contributed by atoms with Crippen LogP contribution in [0.15, 0.2) is 164 Å². The third kappa shape index (κ3) is 4.34. The Morgan fingerprint density at radius 1 is 0.396 bits per heavy atom. The first-order valence-electron chi connectivity index (χ1n) is 18.1. The number of hydrogen-bond acceptors (Lipinski definition) is 3. The first-order chi connectivity index (χ1) is 26.0. The molecule has 1 aliphatic carbocycles. The van der Waals surface area contributed by atoms with E-state index in [1.54, 1.807) is 0 Å². The lowest BCUT2D eigenvalue weighted by atomic mass is 9.82. The largest absolute Gasteiger partial charge is 0.309 e. The summed E-state index contributed by atoms with van der Waals surface area (Å²) in [6.45, 7) is 4.67. The molecule has 0 N–H and O–H groups in total. The van der Waals surface area contributed by atoms with Gasteiger partial charge in [-0.2, -0.15) is 9.97 Å². The van der Waals surface area contributed by atoms with Gasteiger partial charge < -0.3 is 4.57 Å². The Kier molecular flexibility index (Phi) is 6.23. The molecular weight excluding hydrogens is 647 g/mol. The van der Waals surface area contributed by atoms with E-state index in [4.69, 9.17) is 15.0 Å². The predicted molar refractivity (Wildman–Crippen MR) is 217 cm³/mol. The lowest BCUT2D eigenvalue weighted by molar-refractivity contribution is 0.661. The van der Waals surface area contributed by atoms with Crippen LogP contribution in [0.5, 0.6) is 0 Å². The van der Waals surface area contributed by atoms with Gasteiger partial charge >= 0.3 is 0 Å². The Morgan fingerprint density at radius 2 is 0.962 bits per heavy atom. The van der Waals surface area contributed by atoms with Gasteiger partial charge in [0, 0.05) is 43.8 Å². The summed E-state index contributed by atoms with van der Waals surface area (Å²) in [4.78, 5) is 15.7. The first kappa shape index (κ1) is 29.8. The molecule has 0 aliphatic heterocycles. The summed E-state index contributed by atoms with van der Waals surface area (Å²) in [6.07, 6.45) is 0. The molecule has 5 nitrogen and oxygen atoms in total. The predicted octanol–water partition coefficient (Wildman–Crippen LogP) is 11.7. The van der Waals surface area contributed by atoms with Crippen LogP contribution in [-0.2, 0) is 5.41 Å². The van der Waals surface area contributed by atoms with Gasteiger partial charge in [0.1, 0.15) is 0 Å². The molecular formula is C48H33N5. The van der Waals surface area contributed by atoms with Crippen LogP contribution in [0, 0.1) is 0 Å². The summed E-state index contributed by atoms with van der Waals surface area (Å²) < 4.78 is 4.56. The van der Waals surface area contributed by atoms with Crippen molar-refractivity contribution in [3.8, 4) is 45.5 Å². The minimum Gasteiger partial charge on any atom is -0.309 e. The number of benzene rings is 7. The van der Waals surface area contributed by atoms with Crippen molar-refractivity contribution >= 4 is 43.6 Å². The van der Waals surface area contributed by atoms with Crippen molar-refractivity contribution in [3.05, 3.63) is 175 Å². The Bertz CT molecular complexity index is 3040. The van der Waals surface area contributed by atoms with E-state index in [1.807, 2.05) is 18.2 Å². The Balaban J connectivity index is 1.17. The van der Waals surface area contributed by atoms with E-state index in [1.165, 1.54) is 43.8 Å². The highest BCUT2D eigenvalue weighted by molar-refractivity contribution is 6.11. The van der Waals surface area contributed by atoms with Crippen LogP contribution in [0.25, 0.3) is 89.2 Å². The highest BCUT2D eigenvalue weighted by Crippen LogP contribution is 2.51. The average molecular weight is 680 g/mol. The molecule has 3 heterocycles. The number of para-hydroxylation sites is 3. The van der Waals surface area contributed by atoms with Crippen LogP contribution in [0.1, 0.15) is 25.0 Å². The Morgan fingerprint density at radius 3 is 1.68 bits per heavy atom. The fourth-order valence-corrected chi connectivity index (χ4v) is 8.67. The van der Waals surface area contributed by atoms with Crippen molar-refractivity contribution < 1.29 is 0 Å². The summed E-state index contributed by atoms with van der Waals surface area (Å²) in [6, 6.07) is 58.1. The maximum absolute atomic E-state index is 5.32. The highest BCUT2D eigenvalue weighted by Gasteiger charge is 2.36. The SMILES string of the molecule is CC1(C)c2ccccc2-c2cc3c(cc21)c1ccccc1n3-c1nc(-c2ccccc2)nc(-c2cccc(-n3c4ccccc4c4ccccc43)c2)n1. The smallest absolute Gasteiger partial charge is 0.238 e. The zero-order valence-corrected chi connectivity index (χ0v) is 29.3. The molecule has 11 rings (SSSR count). The van der Waals surface area contributed by atoms with Gasteiger partial charge in [0.25, 0.3) is 0 Å². The number of aromatic nitrogens is 5. The zero-order valence-electron chi connectivity index (χ0n) is 29.3. The summed E-state index contributed by atoms with van der Waals surface area (Å²) in [7, 11) is 0. The van der Waals surface area contributed by atoms with Gasteiger partial charge in [-0.1, -0.05) is 135 Å². The Hall–Kier alpha value is -6.85. The van der Waals surface area contributed by atoms with Gasteiger partial charge in [0.05, 0.1) is 22.1 Å². The molecule has 250 valence electrons. The van der Waals surface area contributed by atoms with Crippen molar-refractivity contribution in [2.45, 2.75) is 19.3 Å². The average Bonchev–Trinajstić information content (AvgIpc) is 3.80. The van der Waals surface area contributed by atoms with E-state index in [9.17, 15) is 0 Å². The van der Waals surface area contributed by atoms with Crippen LogP contribution >= 0.6 is 0 Å². The normalized spacial score (nSPS) is 13.2. The molecule has 0 amide bonds. The fourth-order valence-electron chi connectivity index (χ4n) is 8.67. The van der Waals surface area contributed by atoms with E-state index in [0.717, 1.165) is 38.9 Å². The van der Waals surface area contributed by atoms with Gasteiger partial charge in [0.15, 0.2) is 11.6 Å². The molecule has 0 spiro atoms. The minimum atomic E-state index is -0.106. The van der Waals surface area contributed by atoms with E-state index in [-0.39, 0.29) is 5.41 Å². The van der Waals surface area contributed by atoms with E-state index in [0.29, 0.717) is 17.6 Å². The number of rotatable bonds is 4. The van der Waals surface area contributed by atoms with Gasteiger partial charge in [-0.25, -0.2) is 4.98 Å². The van der Waals surface area contributed by atoms with Crippen LogP contribution in [0.3, 0.4) is 0 Å². The molecule has 0 fully saturated rings. The molecule has 0 unspecified atom stereocenters. The molecule has 3 aromatic heterocycles. The van der Waals surface area contributed by atoms with E-state index >= 15 is 0 Å². The highest BCUT2D eigenvalue weighted by atomic mass is 15.2. The molecule has 5 heteroatoms. The Labute approximate surface area is 306 Å². The number of fused-ring (bicyclic) bond motifs is 9. The molecule has 0 atom stereocenters. The van der Waals surface area contributed by atoms with Gasteiger partial charge in [-0.3, -0.25) is 4.57 Å². The molecule has 7 aromatic carbocycles. The molecule has 0 saturated heterocycles. The maximum atomic E-state index is 5.32. The lowest BCUT2D eigenvalue weighted by Crippen LogP contribution is -2.14. The molecule has 10 aromatic rings. The monoisotopic (exact) mass is 679 g/mol.